The van der Waals surface area contributed by atoms with Gasteiger partial charge in [-0.25, -0.2) is 13.6 Å². The van der Waals surface area contributed by atoms with E-state index in [-0.39, 0.29) is 41.2 Å². The summed E-state index contributed by atoms with van der Waals surface area (Å²) in [5, 5.41) is 2.60. The van der Waals surface area contributed by atoms with Crippen molar-refractivity contribution < 1.29 is 23.0 Å². The molecule has 3 aromatic rings. The van der Waals surface area contributed by atoms with Crippen LogP contribution in [-0.2, 0) is 24.4 Å². The Morgan fingerprint density at radius 2 is 1.94 bits per heavy atom. The van der Waals surface area contributed by atoms with Crippen LogP contribution in [0.15, 0.2) is 51.7 Å². The number of nitrogens with one attached hydrogen (secondary N) is 1. The van der Waals surface area contributed by atoms with Crippen LogP contribution in [0.3, 0.4) is 0 Å². The van der Waals surface area contributed by atoms with Gasteiger partial charge in [0.05, 0.1) is 13.7 Å². The predicted molar refractivity (Wildman–Crippen MR) is 116 cm³/mol. The highest BCUT2D eigenvalue weighted by atomic mass is 79.9. The van der Waals surface area contributed by atoms with Crippen molar-refractivity contribution in [1.29, 1.82) is 0 Å². The van der Waals surface area contributed by atoms with Gasteiger partial charge in [0.25, 0.3) is 5.56 Å². The van der Waals surface area contributed by atoms with Gasteiger partial charge in [0.15, 0.2) is 0 Å². The molecule has 0 bridgehead atoms. The number of aromatic nitrogens is 2. The van der Waals surface area contributed by atoms with Gasteiger partial charge in [0, 0.05) is 18.2 Å². The van der Waals surface area contributed by atoms with Crippen molar-refractivity contribution in [3.8, 4) is 5.88 Å². The zero-order valence-corrected chi connectivity index (χ0v) is 18.9. The minimum atomic E-state index is -0.743. The monoisotopic (exact) mass is 507 g/mol. The van der Waals surface area contributed by atoms with Crippen molar-refractivity contribution in [2.24, 2.45) is 0 Å². The zero-order valence-electron chi connectivity index (χ0n) is 17.3. The number of methoxy groups -OCH3 is 1. The van der Waals surface area contributed by atoms with Crippen LogP contribution in [0.5, 0.6) is 5.88 Å². The van der Waals surface area contributed by atoms with Gasteiger partial charge in [-0.05, 0) is 46.1 Å². The highest BCUT2D eigenvalue weighted by molar-refractivity contribution is 9.10. The number of carbonyl (C=O) groups is 1. The first-order valence-corrected chi connectivity index (χ1v) is 10.3. The van der Waals surface area contributed by atoms with Crippen molar-refractivity contribution in [2.45, 2.75) is 26.6 Å². The number of carbonyl (C=O) groups excluding carboxylic acids is 1. The summed E-state index contributed by atoms with van der Waals surface area (Å²) in [4.78, 5) is 28.4. The maximum Gasteiger partial charge on any atom is 0.407 e. The fourth-order valence-electron chi connectivity index (χ4n) is 2.95. The second-order valence-corrected chi connectivity index (χ2v) is 7.65. The number of rotatable bonds is 7. The third-order valence-electron chi connectivity index (χ3n) is 4.61. The maximum atomic E-state index is 13.8. The molecule has 0 fully saturated rings. The molecule has 0 unspecified atom stereocenters. The quantitative estimate of drug-likeness (QED) is 0.521. The second-order valence-electron chi connectivity index (χ2n) is 6.86. The first-order valence-electron chi connectivity index (χ1n) is 9.51. The van der Waals surface area contributed by atoms with Crippen LogP contribution in [0.1, 0.15) is 22.5 Å². The Morgan fingerprint density at radius 3 is 2.66 bits per heavy atom. The van der Waals surface area contributed by atoms with Crippen LogP contribution in [0.2, 0.25) is 0 Å². The summed E-state index contributed by atoms with van der Waals surface area (Å²) in [5.74, 6) is -1.02. The van der Waals surface area contributed by atoms with Gasteiger partial charge < -0.3 is 14.8 Å². The van der Waals surface area contributed by atoms with Gasteiger partial charge in [0.2, 0.25) is 5.88 Å². The largest absolute Gasteiger partial charge is 0.472 e. The van der Waals surface area contributed by atoms with Gasteiger partial charge in [-0.1, -0.05) is 24.3 Å². The number of ether oxygens (including phenoxy) is 2. The molecule has 0 saturated carbocycles. The summed E-state index contributed by atoms with van der Waals surface area (Å²) in [6.07, 6.45) is -0.535. The van der Waals surface area contributed by atoms with Crippen LogP contribution in [0.25, 0.3) is 0 Å². The number of hydrogen-bond donors (Lipinski definition) is 1. The number of halogens is 3. The highest BCUT2D eigenvalue weighted by Gasteiger charge is 2.15. The summed E-state index contributed by atoms with van der Waals surface area (Å²) < 4.78 is 38.5. The number of nitrogens with zero attached hydrogens (tertiary/aromatic N) is 2. The molecule has 1 aromatic heterocycles. The molecular formula is C22H20BrF2N3O4. The molecule has 3 rings (SSSR count). The molecule has 1 amide bonds. The van der Waals surface area contributed by atoms with Crippen LogP contribution in [0.4, 0.5) is 13.6 Å². The van der Waals surface area contributed by atoms with Crippen molar-refractivity contribution in [3.05, 3.63) is 91.4 Å². The average molecular weight is 508 g/mol. The molecule has 0 aliphatic rings. The van der Waals surface area contributed by atoms with E-state index in [9.17, 15) is 18.4 Å². The molecule has 0 aliphatic carbocycles. The first kappa shape index (κ1) is 23.4. The molecule has 0 atom stereocenters. The topological polar surface area (TPSA) is 82.4 Å². The molecule has 10 heteroatoms. The minimum absolute atomic E-state index is 0.0171. The van der Waals surface area contributed by atoms with Gasteiger partial charge in [-0.3, -0.25) is 9.36 Å². The molecule has 1 heterocycles. The number of alkyl carbamates (subject to hydrolysis) is 1. The normalized spacial score (nSPS) is 10.7. The highest BCUT2D eigenvalue weighted by Crippen LogP contribution is 2.21. The van der Waals surface area contributed by atoms with Gasteiger partial charge in [-0.15, -0.1) is 0 Å². The molecule has 32 heavy (non-hydrogen) atoms. The van der Waals surface area contributed by atoms with Gasteiger partial charge in [-0.2, -0.15) is 4.98 Å². The lowest BCUT2D eigenvalue weighted by Crippen LogP contribution is -2.26. The van der Waals surface area contributed by atoms with E-state index in [2.05, 4.69) is 31.0 Å². The van der Waals surface area contributed by atoms with E-state index in [1.54, 1.807) is 6.92 Å². The Balaban J connectivity index is 1.77. The molecule has 0 spiro atoms. The lowest BCUT2D eigenvalue weighted by Gasteiger charge is -2.14. The van der Waals surface area contributed by atoms with Gasteiger partial charge in [0.1, 0.15) is 28.5 Å². The molecule has 7 nitrogen and oxygen atoms in total. The smallest absolute Gasteiger partial charge is 0.407 e. The summed E-state index contributed by atoms with van der Waals surface area (Å²) in [6.45, 7) is 1.97. The lowest BCUT2D eigenvalue weighted by molar-refractivity contribution is 0.170. The van der Waals surface area contributed by atoms with Crippen LogP contribution in [-0.4, -0.2) is 22.8 Å². The third kappa shape index (κ3) is 5.70. The fraction of sp³-hybridized carbons (Fsp3) is 0.227. The minimum Gasteiger partial charge on any atom is -0.472 e. The van der Waals surface area contributed by atoms with Crippen molar-refractivity contribution in [3.63, 3.8) is 0 Å². The molecule has 1 N–H and O–H groups in total. The number of aryl methyl sites for hydroxylation is 1. The van der Waals surface area contributed by atoms with Crippen LogP contribution >= 0.6 is 15.9 Å². The summed E-state index contributed by atoms with van der Waals surface area (Å²) in [7, 11) is 1.29. The molecule has 168 valence electrons. The van der Waals surface area contributed by atoms with Crippen molar-refractivity contribution >= 4 is 22.0 Å². The second kappa shape index (κ2) is 10.4. The zero-order chi connectivity index (χ0) is 23.3. The number of benzene rings is 2. The molecule has 0 radical (unpaired) electrons. The third-order valence-corrected chi connectivity index (χ3v) is 5.29. The standard InChI is InChI=1S/C22H20BrF2N3O4/c1-13-27-20(32-12-16-6-7-17(24)9-18(16)25)19(23)21(29)28(13)11-15-5-3-4-14(8-15)10-26-22(30)31-2/h3-9H,10-12H2,1-2H3,(H,26,30). The summed E-state index contributed by atoms with van der Waals surface area (Å²) >= 11 is 3.21. The van der Waals surface area contributed by atoms with E-state index in [1.165, 1.54) is 17.7 Å². The van der Waals surface area contributed by atoms with E-state index >= 15 is 0 Å². The van der Waals surface area contributed by atoms with Crippen LogP contribution in [0, 0.1) is 18.6 Å². The van der Waals surface area contributed by atoms with E-state index in [0.717, 1.165) is 23.3 Å². The van der Waals surface area contributed by atoms with E-state index in [0.29, 0.717) is 5.82 Å². The predicted octanol–water partition coefficient (Wildman–Crippen LogP) is 4.08. The molecule has 0 saturated heterocycles. The summed E-state index contributed by atoms with van der Waals surface area (Å²) in [5.41, 5.74) is 1.44. The Kier molecular flexibility index (Phi) is 7.57. The van der Waals surface area contributed by atoms with E-state index in [1.807, 2.05) is 24.3 Å². The van der Waals surface area contributed by atoms with Gasteiger partial charge >= 0.3 is 6.09 Å². The first-order chi connectivity index (χ1) is 15.3. The fourth-order valence-corrected chi connectivity index (χ4v) is 3.36. The molecule has 2 aromatic carbocycles. The Morgan fingerprint density at radius 1 is 1.19 bits per heavy atom. The summed E-state index contributed by atoms with van der Waals surface area (Å²) in [6, 6.07) is 10.5. The number of hydrogen-bond acceptors (Lipinski definition) is 5. The van der Waals surface area contributed by atoms with Crippen molar-refractivity contribution in [1.82, 2.24) is 14.9 Å². The molecule has 0 aliphatic heterocycles. The molecular weight excluding hydrogens is 488 g/mol. The average Bonchev–Trinajstić information content (AvgIpc) is 2.77. The Bertz CT molecular complexity index is 1200. The van der Waals surface area contributed by atoms with Crippen molar-refractivity contribution in [2.75, 3.05) is 7.11 Å². The lowest BCUT2D eigenvalue weighted by atomic mass is 10.1. The van der Waals surface area contributed by atoms with E-state index in [4.69, 9.17) is 4.74 Å². The van der Waals surface area contributed by atoms with Crippen LogP contribution < -0.4 is 15.6 Å². The van der Waals surface area contributed by atoms with E-state index < -0.39 is 17.7 Å². The number of amides is 1. The Hall–Kier alpha value is -3.27. The maximum absolute atomic E-state index is 13.8. The Labute approximate surface area is 191 Å². The SMILES string of the molecule is COC(=O)NCc1cccc(Cn2c(C)nc(OCc3ccc(F)cc3F)c(Br)c2=O)c1.